The smallest absolute Gasteiger partial charge is 0.246 e. The van der Waals surface area contributed by atoms with Gasteiger partial charge in [-0.15, -0.1) is 0 Å². The van der Waals surface area contributed by atoms with Crippen LogP contribution in [0, 0.1) is 0 Å². The number of hydrogen-bond acceptors (Lipinski definition) is 3. The predicted octanol–water partition coefficient (Wildman–Crippen LogP) is 1.58. The average Bonchev–Trinajstić information content (AvgIpc) is 3.04. The molecule has 1 atom stereocenters. The molecule has 0 spiro atoms. The maximum Gasteiger partial charge on any atom is 0.246 e. The lowest BCUT2D eigenvalue weighted by molar-refractivity contribution is -0.117. The van der Waals surface area contributed by atoms with Gasteiger partial charge in [0.05, 0.1) is 11.4 Å². The van der Waals surface area contributed by atoms with Crippen LogP contribution in [-0.4, -0.2) is 18.0 Å². The molecular formula is C12H15N3O. The Morgan fingerprint density at radius 1 is 1.44 bits per heavy atom. The highest BCUT2D eigenvalue weighted by molar-refractivity contribution is 6.04. The first-order valence-electron chi connectivity index (χ1n) is 5.65. The van der Waals surface area contributed by atoms with Gasteiger partial charge in [-0.1, -0.05) is 0 Å². The van der Waals surface area contributed by atoms with E-state index in [9.17, 15) is 4.79 Å². The molecular weight excluding hydrogens is 202 g/mol. The second-order valence-electron chi connectivity index (χ2n) is 4.58. The number of benzene rings is 1. The first-order chi connectivity index (χ1) is 7.66. The molecule has 1 saturated carbocycles. The number of carbonyl (C=O) groups excluding carboxylic acids is 1. The minimum Gasteiger partial charge on any atom is -0.399 e. The zero-order valence-electron chi connectivity index (χ0n) is 9.23. The number of nitrogens with two attached hydrogens (primary N) is 1. The molecule has 0 radical (unpaired) electrons. The van der Waals surface area contributed by atoms with Gasteiger partial charge in [-0.05, 0) is 38.0 Å². The fourth-order valence-electron chi connectivity index (χ4n) is 2.32. The van der Waals surface area contributed by atoms with Crippen molar-refractivity contribution in [2.75, 3.05) is 16.0 Å². The van der Waals surface area contributed by atoms with Crippen LogP contribution < -0.4 is 16.0 Å². The Bertz CT molecular complexity index is 454. The molecule has 4 nitrogen and oxygen atoms in total. The number of nitrogens with zero attached hydrogens (tertiary/aromatic N) is 1. The summed E-state index contributed by atoms with van der Waals surface area (Å²) in [7, 11) is 0. The van der Waals surface area contributed by atoms with E-state index >= 15 is 0 Å². The third-order valence-electron chi connectivity index (χ3n) is 3.29. The lowest BCUT2D eigenvalue weighted by Gasteiger charge is -2.36. The molecule has 2 aliphatic rings. The Balaban J connectivity index is 2.08. The van der Waals surface area contributed by atoms with Crippen LogP contribution in [0.3, 0.4) is 0 Å². The highest BCUT2D eigenvalue weighted by Crippen LogP contribution is 2.40. The lowest BCUT2D eigenvalue weighted by atomic mass is 10.1. The van der Waals surface area contributed by atoms with E-state index in [0.717, 1.165) is 11.4 Å². The molecule has 1 fully saturated rings. The zero-order chi connectivity index (χ0) is 11.3. The fraction of sp³-hybridized carbons (Fsp3) is 0.417. The summed E-state index contributed by atoms with van der Waals surface area (Å²) in [6.45, 7) is 1.95. The highest BCUT2D eigenvalue weighted by Gasteiger charge is 2.39. The molecule has 1 aromatic rings. The van der Waals surface area contributed by atoms with Crippen molar-refractivity contribution < 1.29 is 4.79 Å². The topological polar surface area (TPSA) is 58.4 Å². The van der Waals surface area contributed by atoms with E-state index in [1.807, 2.05) is 25.1 Å². The normalized spacial score (nSPS) is 23.9. The predicted molar refractivity (Wildman–Crippen MR) is 64.4 cm³/mol. The van der Waals surface area contributed by atoms with Crippen LogP contribution in [0.5, 0.6) is 0 Å². The van der Waals surface area contributed by atoms with Crippen LogP contribution >= 0.6 is 0 Å². The number of nitrogen functional groups attached to an aromatic ring is 1. The molecule has 16 heavy (non-hydrogen) atoms. The number of anilines is 3. The van der Waals surface area contributed by atoms with Crippen LogP contribution in [0.25, 0.3) is 0 Å². The van der Waals surface area contributed by atoms with Crippen molar-refractivity contribution in [1.29, 1.82) is 0 Å². The van der Waals surface area contributed by atoms with E-state index in [4.69, 9.17) is 5.73 Å². The van der Waals surface area contributed by atoms with Gasteiger partial charge in [0, 0.05) is 11.7 Å². The minimum absolute atomic E-state index is 0.0602. The lowest BCUT2D eigenvalue weighted by Crippen LogP contribution is -2.47. The van der Waals surface area contributed by atoms with Crippen molar-refractivity contribution in [3.05, 3.63) is 18.2 Å². The summed E-state index contributed by atoms with van der Waals surface area (Å²) in [6, 6.07) is 6.17. The van der Waals surface area contributed by atoms with Gasteiger partial charge in [0.15, 0.2) is 0 Å². The molecule has 1 aliphatic carbocycles. The van der Waals surface area contributed by atoms with Gasteiger partial charge in [0.1, 0.15) is 6.04 Å². The third kappa shape index (κ3) is 1.33. The SMILES string of the molecule is CC1C(=O)Nc2cc(N)ccc2N1C1CC1. The molecule has 3 rings (SSSR count). The van der Waals surface area contributed by atoms with Crippen LogP contribution in [0.4, 0.5) is 17.1 Å². The molecule has 84 valence electrons. The summed E-state index contributed by atoms with van der Waals surface area (Å²) in [6.07, 6.45) is 2.36. The number of carbonyl (C=O) groups is 1. The number of amides is 1. The third-order valence-corrected chi connectivity index (χ3v) is 3.29. The molecule has 0 bridgehead atoms. The Kier molecular flexibility index (Phi) is 1.87. The molecule has 1 amide bonds. The van der Waals surface area contributed by atoms with Gasteiger partial charge < -0.3 is 16.0 Å². The number of rotatable bonds is 1. The van der Waals surface area contributed by atoms with Crippen molar-refractivity contribution in [1.82, 2.24) is 0 Å². The maximum absolute atomic E-state index is 11.8. The maximum atomic E-state index is 11.8. The molecule has 3 N–H and O–H groups in total. The van der Waals surface area contributed by atoms with E-state index in [1.165, 1.54) is 12.8 Å². The summed E-state index contributed by atoms with van der Waals surface area (Å²) < 4.78 is 0. The van der Waals surface area contributed by atoms with E-state index < -0.39 is 0 Å². The standard InChI is InChI=1S/C12H15N3O/c1-7-12(16)14-10-6-8(13)2-5-11(10)15(7)9-3-4-9/h2,5-7,9H,3-4,13H2,1H3,(H,14,16). The first kappa shape index (κ1) is 9.51. The van der Waals surface area contributed by atoms with Crippen LogP contribution in [0.1, 0.15) is 19.8 Å². The van der Waals surface area contributed by atoms with Crippen molar-refractivity contribution in [2.24, 2.45) is 0 Å². The Labute approximate surface area is 94.4 Å². The average molecular weight is 217 g/mol. The molecule has 1 unspecified atom stereocenters. The van der Waals surface area contributed by atoms with Crippen LogP contribution in [0.15, 0.2) is 18.2 Å². The summed E-state index contributed by atoms with van der Waals surface area (Å²) in [5, 5.41) is 2.90. The second-order valence-corrected chi connectivity index (χ2v) is 4.58. The molecule has 1 aromatic carbocycles. The van der Waals surface area contributed by atoms with Gasteiger partial charge in [0.2, 0.25) is 5.91 Å². The van der Waals surface area contributed by atoms with E-state index in [0.29, 0.717) is 11.7 Å². The van der Waals surface area contributed by atoms with Gasteiger partial charge in [0.25, 0.3) is 0 Å². The van der Waals surface area contributed by atoms with Crippen molar-refractivity contribution in [3.63, 3.8) is 0 Å². The largest absolute Gasteiger partial charge is 0.399 e. The van der Waals surface area contributed by atoms with Crippen molar-refractivity contribution in [2.45, 2.75) is 31.8 Å². The van der Waals surface area contributed by atoms with Gasteiger partial charge >= 0.3 is 0 Å². The number of hydrogen-bond donors (Lipinski definition) is 2. The monoisotopic (exact) mass is 217 g/mol. The summed E-state index contributed by atoms with van der Waals surface area (Å²) >= 11 is 0. The molecule has 4 heteroatoms. The minimum atomic E-state index is -0.0800. The van der Waals surface area contributed by atoms with E-state index in [1.54, 1.807) is 0 Å². The summed E-state index contributed by atoms with van der Waals surface area (Å²) in [4.78, 5) is 14.0. The fourth-order valence-corrected chi connectivity index (χ4v) is 2.32. The van der Waals surface area contributed by atoms with E-state index in [-0.39, 0.29) is 11.9 Å². The number of fused-ring (bicyclic) bond motifs is 1. The first-order valence-corrected chi connectivity index (χ1v) is 5.65. The van der Waals surface area contributed by atoms with Gasteiger partial charge in [-0.25, -0.2) is 0 Å². The summed E-state index contributed by atoms with van der Waals surface area (Å²) in [5.74, 6) is 0.0602. The molecule has 0 saturated heterocycles. The van der Waals surface area contributed by atoms with Crippen LogP contribution in [0.2, 0.25) is 0 Å². The highest BCUT2D eigenvalue weighted by atomic mass is 16.2. The van der Waals surface area contributed by atoms with Crippen molar-refractivity contribution >= 4 is 23.0 Å². The number of nitrogens with one attached hydrogen (secondary N) is 1. The second kappa shape index (κ2) is 3.14. The molecule has 1 aliphatic heterocycles. The Morgan fingerprint density at radius 3 is 2.88 bits per heavy atom. The van der Waals surface area contributed by atoms with Crippen molar-refractivity contribution in [3.8, 4) is 0 Å². The quantitative estimate of drug-likeness (QED) is 0.702. The van der Waals surface area contributed by atoms with Gasteiger partial charge in [-0.2, -0.15) is 0 Å². The Morgan fingerprint density at radius 2 is 2.19 bits per heavy atom. The zero-order valence-corrected chi connectivity index (χ0v) is 9.23. The van der Waals surface area contributed by atoms with E-state index in [2.05, 4.69) is 10.2 Å². The Hall–Kier alpha value is -1.71. The summed E-state index contributed by atoms with van der Waals surface area (Å²) in [5.41, 5.74) is 8.36. The molecule has 1 heterocycles. The molecule has 0 aromatic heterocycles. The van der Waals surface area contributed by atoms with Gasteiger partial charge in [-0.3, -0.25) is 4.79 Å². The van der Waals surface area contributed by atoms with Crippen LogP contribution in [-0.2, 0) is 4.79 Å².